The van der Waals surface area contributed by atoms with Gasteiger partial charge in [-0.3, -0.25) is 4.79 Å². The zero-order valence-electron chi connectivity index (χ0n) is 10.0. The van der Waals surface area contributed by atoms with Crippen molar-refractivity contribution in [3.05, 3.63) is 28.8 Å². The number of amides is 1. The van der Waals surface area contributed by atoms with Crippen LogP contribution in [0.5, 0.6) is 5.75 Å². The predicted octanol–water partition coefficient (Wildman–Crippen LogP) is 1.89. The van der Waals surface area contributed by atoms with Crippen LogP contribution in [0.2, 0.25) is 0 Å². The van der Waals surface area contributed by atoms with Gasteiger partial charge in [0.05, 0.1) is 7.11 Å². The number of benzene rings is 1. The molecule has 2 rings (SSSR count). The third-order valence-electron chi connectivity index (χ3n) is 3.18. The Labute approximate surface area is 96.0 Å². The van der Waals surface area contributed by atoms with E-state index in [1.165, 1.54) is 5.56 Å². The molecule has 86 valence electrons. The summed E-state index contributed by atoms with van der Waals surface area (Å²) in [6, 6.07) is 3.99. The third-order valence-corrected chi connectivity index (χ3v) is 3.18. The summed E-state index contributed by atoms with van der Waals surface area (Å²) in [4.78, 5) is 13.7. The van der Waals surface area contributed by atoms with E-state index < -0.39 is 0 Å². The van der Waals surface area contributed by atoms with Gasteiger partial charge >= 0.3 is 0 Å². The SMILES string of the molecule is CCc1cc2c(cc1OC)C(=O)N(C)CC2. The van der Waals surface area contributed by atoms with Crippen LogP contribution in [-0.2, 0) is 12.8 Å². The fourth-order valence-electron chi connectivity index (χ4n) is 2.14. The van der Waals surface area contributed by atoms with Crippen molar-refractivity contribution in [2.75, 3.05) is 20.7 Å². The van der Waals surface area contributed by atoms with Gasteiger partial charge in [-0.2, -0.15) is 0 Å². The minimum atomic E-state index is 0.0993. The standard InChI is InChI=1S/C13H17NO2/c1-4-9-7-10-5-6-14(2)13(15)11(10)8-12(9)16-3/h7-8H,4-6H2,1-3H3. The molecule has 0 unspecified atom stereocenters. The van der Waals surface area contributed by atoms with Crippen molar-refractivity contribution in [3.8, 4) is 5.75 Å². The molecule has 1 aliphatic rings. The molecular formula is C13H17NO2. The second-order valence-corrected chi connectivity index (χ2v) is 4.15. The number of carbonyl (C=O) groups is 1. The molecule has 0 aliphatic carbocycles. The lowest BCUT2D eigenvalue weighted by atomic mass is 9.95. The molecule has 3 heteroatoms. The molecule has 0 N–H and O–H groups in total. The maximum atomic E-state index is 12.0. The molecule has 3 nitrogen and oxygen atoms in total. The van der Waals surface area contributed by atoms with Gasteiger partial charge in [-0.25, -0.2) is 0 Å². The molecule has 0 aromatic heterocycles. The highest BCUT2D eigenvalue weighted by Gasteiger charge is 2.23. The lowest BCUT2D eigenvalue weighted by molar-refractivity contribution is 0.0780. The van der Waals surface area contributed by atoms with Crippen molar-refractivity contribution in [2.45, 2.75) is 19.8 Å². The van der Waals surface area contributed by atoms with E-state index in [2.05, 4.69) is 13.0 Å². The van der Waals surface area contributed by atoms with Crippen LogP contribution in [0.3, 0.4) is 0 Å². The first-order chi connectivity index (χ1) is 7.67. The molecule has 16 heavy (non-hydrogen) atoms. The van der Waals surface area contributed by atoms with Crippen LogP contribution < -0.4 is 4.74 Å². The van der Waals surface area contributed by atoms with Crippen molar-refractivity contribution in [1.82, 2.24) is 4.90 Å². The molecule has 1 aromatic rings. The van der Waals surface area contributed by atoms with Crippen LogP contribution in [0.4, 0.5) is 0 Å². The van der Waals surface area contributed by atoms with Crippen molar-refractivity contribution in [2.24, 2.45) is 0 Å². The van der Waals surface area contributed by atoms with Gasteiger partial charge in [-0.05, 0) is 30.0 Å². The second kappa shape index (κ2) is 4.16. The molecule has 0 radical (unpaired) electrons. The van der Waals surface area contributed by atoms with E-state index in [0.29, 0.717) is 0 Å². The van der Waals surface area contributed by atoms with E-state index in [1.54, 1.807) is 12.0 Å². The zero-order valence-corrected chi connectivity index (χ0v) is 10.0. The molecule has 1 amide bonds. The van der Waals surface area contributed by atoms with Gasteiger partial charge in [0, 0.05) is 19.2 Å². The summed E-state index contributed by atoms with van der Waals surface area (Å²) in [5.74, 6) is 0.923. The Morgan fingerprint density at radius 3 is 2.81 bits per heavy atom. The van der Waals surface area contributed by atoms with Crippen molar-refractivity contribution in [1.29, 1.82) is 0 Å². The first kappa shape index (κ1) is 11.0. The van der Waals surface area contributed by atoms with E-state index in [4.69, 9.17) is 4.74 Å². The summed E-state index contributed by atoms with van der Waals surface area (Å²) in [5.41, 5.74) is 3.13. The molecule has 1 aliphatic heterocycles. The van der Waals surface area contributed by atoms with Crippen LogP contribution in [0.25, 0.3) is 0 Å². The largest absolute Gasteiger partial charge is 0.496 e. The Hall–Kier alpha value is -1.51. The minimum Gasteiger partial charge on any atom is -0.496 e. The first-order valence-electron chi connectivity index (χ1n) is 5.62. The number of hydrogen-bond donors (Lipinski definition) is 0. The van der Waals surface area contributed by atoms with Crippen LogP contribution in [0.15, 0.2) is 12.1 Å². The Morgan fingerprint density at radius 2 is 2.19 bits per heavy atom. The fourth-order valence-corrected chi connectivity index (χ4v) is 2.14. The Morgan fingerprint density at radius 1 is 1.44 bits per heavy atom. The highest BCUT2D eigenvalue weighted by atomic mass is 16.5. The monoisotopic (exact) mass is 219 g/mol. The number of methoxy groups -OCH3 is 1. The smallest absolute Gasteiger partial charge is 0.254 e. The number of rotatable bonds is 2. The molecule has 0 fully saturated rings. The maximum absolute atomic E-state index is 12.0. The Balaban J connectivity index is 2.52. The normalized spacial score (nSPS) is 14.9. The minimum absolute atomic E-state index is 0.0993. The van der Waals surface area contributed by atoms with Crippen LogP contribution in [-0.4, -0.2) is 31.5 Å². The summed E-state index contributed by atoms with van der Waals surface area (Å²) in [7, 11) is 3.49. The maximum Gasteiger partial charge on any atom is 0.254 e. The van der Waals surface area contributed by atoms with Gasteiger partial charge < -0.3 is 9.64 Å². The predicted molar refractivity (Wildman–Crippen MR) is 63.0 cm³/mol. The molecule has 0 saturated carbocycles. The highest BCUT2D eigenvalue weighted by molar-refractivity contribution is 5.97. The second-order valence-electron chi connectivity index (χ2n) is 4.15. The van der Waals surface area contributed by atoms with Crippen LogP contribution >= 0.6 is 0 Å². The van der Waals surface area contributed by atoms with Gasteiger partial charge in [0.2, 0.25) is 0 Å². The average Bonchev–Trinajstić information content (AvgIpc) is 2.32. The molecule has 0 spiro atoms. The lowest BCUT2D eigenvalue weighted by Gasteiger charge is -2.25. The fraction of sp³-hybridized carbons (Fsp3) is 0.462. The van der Waals surface area contributed by atoms with Crippen LogP contribution in [0.1, 0.15) is 28.4 Å². The summed E-state index contributed by atoms with van der Waals surface area (Å²) in [5, 5.41) is 0. The highest BCUT2D eigenvalue weighted by Crippen LogP contribution is 2.27. The van der Waals surface area contributed by atoms with E-state index in [9.17, 15) is 4.79 Å². The number of carbonyl (C=O) groups excluding carboxylic acids is 1. The average molecular weight is 219 g/mol. The van der Waals surface area contributed by atoms with Crippen LogP contribution in [0, 0.1) is 0 Å². The summed E-state index contributed by atoms with van der Waals surface area (Å²) >= 11 is 0. The molecular weight excluding hydrogens is 202 g/mol. The van der Waals surface area contributed by atoms with Crippen molar-refractivity contribution in [3.63, 3.8) is 0 Å². The summed E-state index contributed by atoms with van der Waals surface area (Å²) in [6.07, 6.45) is 1.87. The van der Waals surface area contributed by atoms with Gasteiger partial charge in [0.1, 0.15) is 5.75 Å². The number of nitrogens with zero attached hydrogens (tertiary/aromatic N) is 1. The lowest BCUT2D eigenvalue weighted by Crippen LogP contribution is -2.34. The van der Waals surface area contributed by atoms with Gasteiger partial charge in [0.15, 0.2) is 0 Å². The first-order valence-corrected chi connectivity index (χ1v) is 5.62. The van der Waals surface area contributed by atoms with Gasteiger partial charge in [-0.1, -0.05) is 13.0 Å². The number of ether oxygens (including phenoxy) is 1. The number of likely N-dealkylation sites (N-methyl/N-ethyl adjacent to an activating group) is 1. The van der Waals surface area contributed by atoms with Gasteiger partial charge in [-0.15, -0.1) is 0 Å². The summed E-state index contributed by atoms with van der Waals surface area (Å²) in [6.45, 7) is 2.91. The number of aryl methyl sites for hydroxylation is 1. The molecule has 1 heterocycles. The zero-order chi connectivity index (χ0) is 11.7. The number of hydrogen-bond acceptors (Lipinski definition) is 2. The van der Waals surface area contributed by atoms with E-state index in [1.807, 2.05) is 13.1 Å². The third kappa shape index (κ3) is 1.66. The molecule has 0 saturated heterocycles. The van der Waals surface area contributed by atoms with E-state index in [0.717, 1.165) is 36.3 Å². The summed E-state index contributed by atoms with van der Waals surface area (Å²) < 4.78 is 5.32. The van der Waals surface area contributed by atoms with Gasteiger partial charge in [0.25, 0.3) is 5.91 Å². The molecule has 1 aromatic carbocycles. The van der Waals surface area contributed by atoms with E-state index >= 15 is 0 Å². The Bertz CT molecular complexity index is 426. The van der Waals surface area contributed by atoms with Crippen molar-refractivity contribution < 1.29 is 9.53 Å². The quantitative estimate of drug-likeness (QED) is 0.760. The Kier molecular flexibility index (Phi) is 2.86. The molecule has 0 bridgehead atoms. The molecule has 0 atom stereocenters. The van der Waals surface area contributed by atoms with E-state index in [-0.39, 0.29) is 5.91 Å². The topological polar surface area (TPSA) is 29.5 Å². The number of fused-ring (bicyclic) bond motifs is 1. The van der Waals surface area contributed by atoms with Crippen molar-refractivity contribution >= 4 is 5.91 Å².